The number of benzene rings is 1. The number of fused-ring (bicyclic) bond motifs is 1. The molecular weight excluding hydrogens is 328 g/mol. The molecule has 1 saturated carbocycles. The number of hydrogen-bond donors (Lipinski definition) is 0. The number of rotatable bonds is 5. The molecule has 2 heterocycles. The van der Waals surface area contributed by atoms with E-state index in [4.69, 9.17) is 4.74 Å². The van der Waals surface area contributed by atoms with Crippen LogP contribution >= 0.6 is 0 Å². The van der Waals surface area contributed by atoms with E-state index in [0.717, 1.165) is 13.1 Å². The number of carbonyl (C=O) groups excluding carboxylic acids is 1. The fourth-order valence-corrected chi connectivity index (χ4v) is 3.55. The van der Waals surface area contributed by atoms with Gasteiger partial charge in [-0.3, -0.25) is 4.68 Å². The van der Waals surface area contributed by atoms with Gasteiger partial charge in [-0.25, -0.2) is 13.6 Å². The summed E-state index contributed by atoms with van der Waals surface area (Å²) in [5.41, 5.74) is 0.848. The minimum Gasteiger partial charge on any atom is -0.462 e. The van der Waals surface area contributed by atoms with Crippen molar-refractivity contribution in [2.24, 2.45) is 11.8 Å². The lowest BCUT2D eigenvalue weighted by Crippen LogP contribution is -2.24. The van der Waals surface area contributed by atoms with Crippen molar-refractivity contribution >= 4 is 11.7 Å². The van der Waals surface area contributed by atoms with Gasteiger partial charge >= 0.3 is 5.97 Å². The molecule has 2 aliphatic rings. The van der Waals surface area contributed by atoms with Crippen LogP contribution in [0.4, 0.5) is 14.5 Å². The van der Waals surface area contributed by atoms with Gasteiger partial charge in [0.25, 0.3) is 0 Å². The van der Waals surface area contributed by atoms with Crippen molar-refractivity contribution in [2.75, 3.05) is 24.6 Å². The molecule has 25 heavy (non-hydrogen) atoms. The normalized spacial score (nSPS) is 21.3. The van der Waals surface area contributed by atoms with Gasteiger partial charge in [-0.15, -0.1) is 0 Å². The first-order valence-corrected chi connectivity index (χ1v) is 8.47. The number of nitrogens with zero attached hydrogens (tertiary/aromatic N) is 3. The largest absolute Gasteiger partial charge is 0.462 e. The number of aromatic nitrogens is 2. The number of esters is 1. The van der Waals surface area contributed by atoms with Crippen LogP contribution in [0.3, 0.4) is 0 Å². The molecule has 0 N–H and O–H groups in total. The van der Waals surface area contributed by atoms with Crippen molar-refractivity contribution in [3.63, 3.8) is 0 Å². The molecule has 1 aliphatic heterocycles. The molecule has 2 atom stereocenters. The monoisotopic (exact) mass is 347 g/mol. The molecule has 7 heteroatoms. The van der Waals surface area contributed by atoms with E-state index < -0.39 is 17.6 Å². The molecule has 2 unspecified atom stereocenters. The summed E-state index contributed by atoms with van der Waals surface area (Å²) < 4.78 is 35.3. The number of hydrogen-bond acceptors (Lipinski definition) is 4. The van der Waals surface area contributed by atoms with E-state index in [1.165, 1.54) is 35.6 Å². The number of ether oxygens (including phenoxy) is 1. The van der Waals surface area contributed by atoms with Crippen LogP contribution in [0.5, 0.6) is 0 Å². The molecule has 2 fully saturated rings. The highest BCUT2D eigenvalue weighted by Gasteiger charge is 2.46. The van der Waals surface area contributed by atoms with Gasteiger partial charge in [0.15, 0.2) is 0 Å². The van der Waals surface area contributed by atoms with E-state index in [2.05, 4.69) is 5.10 Å². The van der Waals surface area contributed by atoms with Gasteiger partial charge in [0.2, 0.25) is 0 Å². The zero-order valence-electron chi connectivity index (χ0n) is 13.9. The van der Waals surface area contributed by atoms with Crippen LogP contribution in [-0.2, 0) is 11.3 Å². The third kappa shape index (κ3) is 3.10. The standard InChI is InChI=1S/C18H19F2N3O2/c1-2-25-18(24)14-6-21-23(10-14)7-11-3-15(19)17(16(20)4-11)22-8-12-5-13(12)9-22/h3-4,6,10,12-13H,2,5,7-9H2,1H3. The first-order valence-electron chi connectivity index (χ1n) is 8.47. The Morgan fingerprint density at radius 3 is 2.60 bits per heavy atom. The average molecular weight is 347 g/mol. The summed E-state index contributed by atoms with van der Waals surface area (Å²) in [6.45, 7) is 3.65. The molecular formula is C18H19F2N3O2. The maximum absolute atomic E-state index is 14.5. The lowest BCUT2D eigenvalue weighted by molar-refractivity contribution is 0.0526. The van der Waals surface area contributed by atoms with Crippen LogP contribution in [0.1, 0.15) is 29.3 Å². The van der Waals surface area contributed by atoms with Crippen LogP contribution in [-0.4, -0.2) is 35.4 Å². The van der Waals surface area contributed by atoms with Crippen molar-refractivity contribution < 1.29 is 18.3 Å². The van der Waals surface area contributed by atoms with E-state index in [-0.39, 0.29) is 18.8 Å². The van der Waals surface area contributed by atoms with Gasteiger partial charge in [-0.1, -0.05) is 0 Å². The molecule has 132 valence electrons. The second-order valence-electron chi connectivity index (χ2n) is 6.72. The Balaban J connectivity index is 1.50. The second kappa shape index (κ2) is 6.13. The highest BCUT2D eigenvalue weighted by molar-refractivity contribution is 5.88. The average Bonchev–Trinajstić information content (AvgIpc) is 2.95. The summed E-state index contributed by atoms with van der Waals surface area (Å²) in [4.78, 5) is 13.4. The summed E-state index contributed by atoms with van der Waals surface area (Å²) >= 11 is 0. The Bertz CT molecular complexity index is 787. The topological polar surface area (TPSA) is 47.4 Å². The van der Waals surface area contributed by atoms with Gasteiger partial charge < -0.3 is 9.64 Å². The zero-order chi connectivity index (χ0) is 17.6. The summed E-state index contributed by atoms with van der Waals surface area (Å²) in [7, 11) is 0. The maximum atomic E-state index is 14.5. The maximum Gasteiger partial charge on any atom is 0.341 e. The van der Waals surface area contributed by atoms with Gasteiger partial charge in [-0.05, 0) is 42.9 Å². The Hall–Kier alpha value is -2.44. The predicted octanol–water partition coefficient (Wildman–Crippen LogP) is 2.84. The van der Waals surface area contributed by atoms with E-state index in [1.807, 2.05) is 0 Å². The lowest BCUT2D eigenvalue weighted by Gasteiger charge is -2.22. The fraction of sp³-hybridized carbons (Fsp3) is 0.444. The van der Waals surface area contributed by atoms with Crippen LogP contribution in [0.15, 0.2) is 24.5 Å². The molecule has 0 spiro atoms. The van der Waals surface area contributed by atoms with E-state index >= 15 is 0 Å². The summed E-state index contributed by atoms with van der Waals surface area (Å²) in [5, 5.41) is 4.05. The van der Waals surface area contributed by atoms with Crippen LogP contribution in [0.2, 0.25) is 0 Å². The molecule has 1 aromatic heterocycles. The van der Waals surface area contributed by atoms with Crippen molar-refractivity contribution in [3.05, 3.63) is 47.3 Å². The van der Waals surface area contributed by atoms with E-state index in [1.54, 1.807) is 11.8 Å². The van der Waals surface area contributed by atoms with Gasteiger partial charge in [-0.2, -0.15) is 5.10 Å². The molecule has 2 aromatic rings. The number of anilines is 1. The highest BCUT2D eigenvalue weighted by atomic mass is 19.1. The lowest BCUT2D eigenvalue weighted by atomic mass is 10.1. The highest BCUT2D eigenvalue weighted by Crippen LogP contribution is 2.47. The van der Waals surface area contributed by atoms with Gasteiger partial charge in [0, 0.05) is 19.3 Å². The molecule has 0 amide bonds. The Morgan fingerprint density at radius 1 is 1.28 bits per heavy atom. The number of piperidine rings is 1. The van der Waals surface area contributed by atoms with Crippen LogP contribution in [0, 0.1) is 23.5 Å². The Labute approximate surface area is 144 Å². The van der Waals surface area contributed by atoms with Crippen molar-refractivity contribution in [1.82, 2.24) is 9.78 Å². The second-order valence-corrected chi connectivity index (χ2v) is 6.72. The SMILES string of the molecule is CCOC(=O)c1cnn(Cc2cc(F)c(N3CC4CC4C3)c(F)c2)c1. The minimum atomic E-state index is -0.547. The molecule has 5 nitrogen and oxygen atoms in total. The quantitative estimate of drug-likeness (QED) is 0.781. The number of carbonyl (C=O) groups is 1. The summed E-state index contributed by atoms with van der Waals surface area (Å²) in [5.74, 6) is -0.357. The summed E-state index contributed by atoms with van der Waals surface area (Å²) in [6.07, 6.45) is 4.07. The van der Waals surface area contributed by atoms with Gasteiger partial charge in [0.05, 0.1) is 24.9 Å². The van der Waals surface area contributed by atoms with Gasteiger partial charge in [0.1, 0.15) is 17.3 Å². The smallest absolute Gasteiger partial charge is 0.341 e. The van der Waals surface area contributed by atoms with Crippen molar-refractivity contribution in [2.45, 2.75) is 19.9 Å². The molecule has 1 aromatic carbocycles. The van der Waals surface area contributed by atoms with Crippen molar-refractivity contribution in [3.8, 4) is 0 Å². The third-order valence-electron chi connectivity index (χ3n) is 4.86. The number of halogens is 2. The van der Waals surface area contributed by atoms with Crippen LogP contribution < -0.4 is 4.90 Å². The Kier molecular flexibility index (Phi) is 3.94. The molecule has 0 bridgehead atoms. The Morgan fingerprint density at radius 2 is 1.96 bits per heavy atom. The van der Waals surface area contributed by atoms with E-state index in [9.17, 15) is 13.6 Å². The molecule has 4 rings (SSSR count). The molecule has 0 radical (unpaired) electrons. The zero-order valence-corrected chi connectivity index (χ0v) is 13.9. The summed E-state index contributed by atoms with van der Waals surface area (Å²) in [6, 6.07) is 2.68. The third-order valence-corrected chi connectivity index (χ3v) is 4.86. The predicted molar refractivity (Wildman–Crippen MR) is 87.5 cm³/mol. The first-order chi connectivity index (χ1) is 12.0. The molecule has 1 aliphatic carbocycles. The minimum absolute atomic E-state index is 0.0728. The fourth-order valence-electron chi connectivity index (χ4n) is 3.55. The van der Waals surface area contributed by atoms with E-state index in [0.29, 0.717) is 23.0 Å². The van der Waals surface area contributed by atoms with Crippen molar-refractivity contribution in [1.29, 1.82) is 0 Å². The first kappa shape index (κ1) is 16.1. The molecule has 1 saturated heterocycles. The van der Waals surface area contributed by atoms with Crippen LogP contribution in [0.25, 0.3) is 0 Å².